The van der Waals surface area contributed by atoms with E-state index in [0.717, 1.165) is 28.0 Å². The van der Waals surface area contributed by atoms with Gasteiger partial charge in [-0.3, -0.25) is 4.79 Å². The molecule has 0 fully saturated rings. The van der Waals surface area contributed by atoms with Gasteiger partial charge in [-0.05, 0) is 65.1 Å². The van der Waals surface area contributed by atoms with Gasteiger partial charge in [-0.25, -0.2) is 4.39 Å². The molecule has 2 nitrogen and oxygen atoms in total. The minimum atomic E-state index is -0.282. The lowest BCUT2D eigenvalue weighted by Gasteiger charge is -2.37. The Morgan fingerprint density at radius 2 is 1.77 bits per heavy atom. The van der Waals surface area contributed by atoms with E-state index in [1.807, 2.05) is 53.4 Å². The van der Waals surface area contributed by atoms with Crippen molar-refractivity contribution in [2.24, 2.45) is 0 Å². The topological polar surface area (TPSA) is 20.3 Å². The third-order valence-electron chi connectivity index (χ3n) is 5.66. The van der Waals surface area contributed by atoms with Crippen LogP contribution in [0.25, 0.3) is 10.4 Å². The highest BCUT2D eigenvalue weighted by Gasteiger charge is 2.33. The van der Waals surface area contributed by atoms with E-state index >= 15 is 0 Å². The summed E-state index contributed by atoms with van der Waals surface area (Å²) in [4.78, 5) is 17.2. The molecule has 5 rings (SSSR count). The average Bonchev–Trinajstić information content (AvgIpc) is 3.29. The summed E-state index contributed by atoms with van der Waals surface area (Å²) < 4.78 is 13.6. The molecule has 1 aromatic heterocycles. The van der Waals surface area contributed by atoms with Gasteiger partial charge in [0.2, 0.25) is 0 Å². The lowest BCUT2D eigenvalue weighted by Crippen LogP contribution is -2.40. The van der Waals surface area contributed by atoms with E-state index in [1.165, 1.54) is 29.0 Å². The number of amides is 1. The second-order valence-electron chi connectivity index (χ2n) is 7.58. The van der Waals surface area contributed by atoms with Crippen LogP contribution in [0.3, 0.4) is 0 Å². The predicted octanol–water partition coefficient (Wildman–Crippen LogP) is 7.00. The average molecular weight is 448 g/mol. The zero-order chi connectivity index (χ0) is 21.4. The van der Waals surface area contributed by atoms with Crippen LogP contribution in [0.5, 0.6) is 0 Å². The normalized spacial score (nSPS) is 15.5. The molecule has 4 aromatic rings. The van der Waals surface area contributed by atoms with Crippen LogP contribution in [-0.4, -0.2) is 17.4 Å². The van der Waals surface area contributed by atoms with Gasteiger partial charge in [-0.1, -0.05) is 60.1 Å². The van der Waals surface area contributed by atoms with Crippen LogP contribution in [0, 0.1) is 5.82 Å². The number of halogens is 2. The predicted molar refractivity (Wildman–Crippen MR) is 124 cm³/mol. The van der Waals surface area contributed by atoms with Gasteiger partial charge in [0, 0.05) is 16.4 Å². The Hall–Kier alpha value is -2.95. The zero-order valence-electron chi connectivity index (χ0n) is 16.6. The number of hydrogen-bond donors (Lipinski definition) is 0. The number of nitrogens with zero attached hydrogens (tertiary/aromatic N) is 1. The van der Waals surface area contributed by atoms with Gasteiger partial charge < -0.3 is 4.90 Å². The van der Waals surface area contributed by atoms with E-state index in [0.29, 0.717) is 16.4 Å². The number of rotatable bonds is 3. The van der Waals surface area contributed by atoms with Crippen molar-refractivity contribution >= 4 is 28.8 Å². The summed E-state index contributed by atoms with van der Waals surface area (Å²) in [7, 11) is 0. The molecule has 5 heteroatoms. The Bertz CT molecular complexity index is 1250. The second-order valence-corrected chi connectivity index (χ2v) is 9.10. The fraction of sp³-hybridized carbons (Fsp3) is 0.115. The van der Waals surface area contributed by atoms with Gasteiger partial charge in [0.05, 0.1) is 10.9 Å². The SMILES string of the molecule is O=C(c1ccc(-c2cccc(Cl)c2)s1)N1CCc2ccccc2[C@@H]1c1ccc(F)cc1. The lowest BCUT2D eigenvalue weighted by atomic mass is 9.88. The maximum absolute atomic E-state index is 13.6. The van der Waals surface area contributed by atoms with Crippen molar-refractivity contribution in [2.75, 3.05) is 6.54 Å². The highest BCUT2D eigenvalue weighted by atomic mass is 35.5. The Kier molecular flexibility index (Phi) is 5.34. The van der Waals surface area contributed by atoms with Crippen molar-refractivity contribution in [3.63, 3.8) is 0 Å². The van der Waals surface area contributed by atoms with Crippen LogP contribution in [0.15, 0.2) is 84.9 Å². The molecule has 3 aromatic carbocycles. The molecule has 0 saturated carbocycles. The summed E-state index contributed by atoms with van der Waals surface area (Å²) in [6.45, 7) is 0.613. The van der Waals surface area contributed by atoms with Gasteiger partial charge >= 0.3 is 0 Å². The Morgan fingerprint density at radius 1 is 0.968 bits per heavy atom. The van der Waals surface area contributed by atoms with Crippen LogP contribution in [0.2, 0.25) is 5.02 Å². The van der Waals surface area contributed by atoms with E-state index < -0.39 is 0 Å². The summed E-state index contributed by atoms with van der Waals surface area (Å²) in [5.41, 5.74) is 4.23. The van der Waals surface area contributed by atoms with E-state index in [9.17, 15) is 9.18 Å². The van der Waals surface area contributed by atoms with Crippen molar-refractivity contribution < 1.29 is 9.18 Å². The maximum Gasteiger partial charge on any atom is 0.264 e. The summed E-state index contributed by atoms with van der Waals surface area (Å²) >= 11 is 7.60. The van der Waals surface area contributed by atoms with E-state index in [2.05, 4.69) is 12.1 Å². The molecule has 0 spiro atoms. The van der Waals surface area contributed by atoms with Crippen LogP contribution < -0.4 is 0 Å². The largest absolute Gasteiger partial charge is 0.326 e. The fourth-order valence-corrected chi connectivity index (χ4v) is 5.33. The molecule has 31 heavy (non-hydrogen) atoms. The second kappa shape index (κ2) is 8.29. The van der Waals surface area contributed by atoms with Crippen LogP contribution in [0.4, 0.5) is 4.39 Å². The third-order valence-corrected chi connectivity index (χ3v) is 7.01. The first-order valence-corrected chi connectivity index (χ1v) is 11.3. The smallest absolute Gasteiger partial charge is 0.264 e. The number of fused-ring (bicyclic) bond motifs is 1. The standard InChI is InChI=1S/C26H19ClFNOS/c27-20-6-3-5-19(16-20)23-12-13-24(31-23)26(30)29-15-14-17-4-1-2-7-22(17)25(29)18-8-10-21(28)11-9-18/h1-13,16,25H,14-15H2/t25-/m0/s1. The molecule has 0 radical (unpaired) electrons. The summed E-state index contributed by atoms with van der Waals surface area (Å²) in [5.74, 6) is -0.294. The Balaban J connectivity index is 1.52. The van der Waals surface area contributed by atoms with Crippen molar-refractivity contribution in [3.05, 3.63) is 117 Å². The highest BCUT2D eigenvalue weighted by molar-refractivity contribution is 7.17. The molecule has 0 saturated heterocycles. The van der Waals surface area contributed by atoms with E-state index in [1.54, 1.807) is 12.1 Å². The quantitative estimate of drug-likeness (QED) is 0.331. The summed E-state index contributed by atoms with van der Waals surface area (Å²) in [6, 6.07) is 25.9. The number of carbonyl (C=O) groups is 1. The minimum absolute atomic E-state index is 0.0119. The number of benzene rings is 3. The highest BCUT2D eigenvalue weighted by Crippen LogP contribution is 2.38. The molecule has 0 unspecified atom stereocenters. The lowest BCUT2D eigenvalue weighted by molar-refractivity contribution is 0.0699. The molecule has 1 aliphatic rings. The Labute approximate surface area is 189 Å². The molecule has 1 amide bonds. The van der Waals surface area contributed by atoms with Gasteiger partial charge in [0.25, 0.3) is 5.91 Å². The molecule has 154 valence electrons. The first-order chi connectivity index (χ1) is 15.1. The Morgan fingerprint density at radius 3 is 2.58 bits per heavy atom. The maximum atomic E-state index is 13.6. The van der Waals surface area contributed by atoms with Crippen LogP contribution in [0.1, 0.15) is 32.4 Å². The number of hydrogen-bond acceptors (Lipinski definition) is 2. The molecule has 0 aliphatic carbocycles. The molecule has 2 heterocycles. The monoisotopic (exact) mass is 447 g/mol. The summed E-state index contributed by atoms with van der Waals surface area (Å²) in [5, 5.41) is 0.669. The van der Waals surface area contributed by atoms with Gasteiger partial charge in [0.15, 0.2) is 0 Å². The summed E-state index contributed by atoms with van der Waals surface area (Å²) in [6.07, 6.45) is 0.798. The van der Waals surface area contributed by atoms with Gasteiger partial charge in [-0.2, -0.15) is 0 Å². The van der Waals surface area contributed by atoms with Gasteiger partial charge in [0.1, 0.15) is 5.82 Å². The van der Waals surface area contributed by atoms with E-state index in [-0.39, 0.29) is 17.8 Å². The number of carbonyl (C=O) groups excluding carboxylic acids is 1. The first kappa shape index (κ1) is 20.0. The van der Waals surface area contributed by atoms with Crippen LogP contribution >= 0.6 is 22.9 Å². The molecule has 1 atom stereocenters. The fourth-order valence-electron chi connectivity index (χ4n) is 4.18. The first-order valence-electron chi connectivity index (χ1n) is 10.1. The number of thiophene rings is 1. The van der Waals surface area contributed by atoms with Crippen LogP contribution in [-0.2, 0) is 6.42 Å². The molecular formula is C26H19ClFNOS. The van der Waals surface area contributed by atoms with Gasteiger partial charge in [-0.15, -0.1) is 11.3 Å². The zero-order valence-corrected chi connectivity index (χ0v) is 18.2. The van der Waals surface area contributed by atoms with Crippen molar-refractivity contribution in [3.8, 4) is 10.4 Å². The molecule has 0 N–H and O–H groups in total. The third kappa shape index (κ3) is 3.89. The molecular weight excluding hydrogens is 429 g/mol. The van der Waals surface area contributed by atoms with Crippen molar-refractivity contribution in [1.29, 1.82) is 0 Å². The van der Waals surface area contributed by atoms with Crippen molar-refractivity contribution in [1.82, 2.24) is 4.90 Å². The van der Waals surface area contributed by atoms with Crippen molar-refractivity contribution in [2.45, 2.75) is 12.5 Å². The minimum Gasteiger partial charge on any atom is -0.326 e. The molecule has 0 bridgehead atoms. The molecule has 1 aliphatic heterocycles. The van der Waals surface area contributed by atoms with E-state index in [4.69, 9.17) is 11.6 Å².